The molecule has 206 valence electrons. The summed E-state index contributed by atoms with van der Waals surface area (Å²) in [5.41, 5.74) is 0.345. The molecule has 0 atom stereocenters. The molecule has 4 N–H and O–H groups in total. The predicted octanol–water partition coefficient (Wildman–Crippen LogP) is -0.137. The average molecular weight is 603 g/mol. The molecular weight excluding hydrogens is 588 g/mol. The van der Waals surface area contributed by atoms with Gasteiger partial charge in [0, 0.05) is 22.9 Å². The van der Waals surface area contributed by atoms with Crippen molar-refractivity contribution in [3.63, 3.8) is 0 Å². The summed E-state index contributed by atoms with van der Waals surface area (Å²) < 4.78 is 59.6. The molecule has 4 aromatic carbocycles. The van der Waals surface area contributed by atoms with Crippen LogP contribution < -0.4 is 32.0 Å². The van der Waals surface area contributed by atoms with Gasteiger partial charge in [-0.2, -0.15) is 37.2 Å². The number of benzene rings is 4. The lowest BCUT2D eigenvalue weighted by molar-refractivity contribution is -0.580. The van der Waals surface area contributed by atoms with Gasteiger partial charge in [-0.15, -0.1) is 9.13 Å². The molecule has 0 saturated heterocycles. The quantitative estimate of drug-likeness (QED) is 0.153. The van der Waals surface area contributed by atoms with Crippen LogP contribution in [0.25, 0.3) is 66.0 Å². The van der Waals surface area contributed by atoms with E-state index in [0.717, 1.165) is 0 Å². The third-order valence-electron chi connectivity index (χ3n) is 7.59. The van der Waals surface area contributed by atoms with Crippen molar-refractivity contribution in [1.29, 1.82) is 0 Å². The third-order valence-corrected chi connectivity index (χ3v) is 9.76. The fourth-order valence-electron chi connectivity index (χ4n) is 5.78. The molecule has 0 amide bonds. The molecular formula is C26H14N6O8S2+2. The van der Waals surface area contributed by atoms with Crippen molar-refractivity contribution in [3.8, 4) is 11.6 Å². The van der Waals surface area contributed by atoms with Gasteiger partial charge in [-0.05, 0) is 58.5 Å². The summed E-state index contributed by atoms with van der Waals surface area (Å²) in [7, 11) is -8.43. The van der Waals surface area contributed by atoms with Crippen LogP contribution in [0.4, 0.5) is 0 Å². The molecule has 0 spiro atoms. The van der Waals surface area contributed by atoms with Crippen LogP contribution in [0.15, 0.2) is 80.0 Å². The first-order valence-electron chi connectivity index (χ1n) is 12.1. The van der Waals surface area contributed by atoms with E-state index in [4.69, 9.17) is 11.8 Å². The lowest BCUT2D eigenvalue weighted by atomic mass is 9.95. The highest BCUT2D eigenvalue weighted by molar-refractivity contribution is 7.87. The van der Waals surface area contributed by atoms with Gasteiger partial charge in [-0.1, -0.05) is 0 Å². The van der Waals surface area contributed by atoms with E-state index in [-0.39, 0.29) is 32.5 Å². The zero-order valence-corrected chi connectivity index (χ0v) is 22.4. The Morgan fingerprint density at radius 1 is 0.571 bits per heavy atom. The summed E-state index contributed by atoms with van der Waals surface area (Å²) >= 11 is 0. The first kappa shape index (κ1) is 24.9. The Kier molecular flexibility index (Phi) is 4.69. The van der Waals surface area contributed by atoms with E-state index in [9.17, 15) is 26.4 Å². The Morgan fingerprint density at radius 2 is 0.952 bits per heavy atom. The molecule has 0 fully saturated rings. The Bertz CT molecular complexity index is 2550. The monoisotopic (exact) mass is 602 g/mol. The van der Waals surface area contributed by atoms with Crippen molar-refractivity contribution in [3.05, 3.63) is 81.4 Å². The molecule has 4 heterocycles. The standard InChI is InChI=1S/C26H14N6O8S2/c27-39-41(35,36)11-1-7-19-17(9-11)29-23-13-3-4-14-22-16(6-5-15(21(13)22)25(33)31(19)23)26(34)32-20-8-2-12(42(37,38)40-28)10-18(20)30-24(14)32/h1-10H,27-28H2/q+2. The van der Waals surface area contributed by atoms with Gasteiger partial charge in [-0.3, -0.25) is 0 Å². The lowest BCUT2D eigenvalue weighted by Gasteiger charge is -2.10. The molecule has 0 radical (unpaired) electrons. The molecule has 4 aromatic rings. The van der Waals surface area contributed by atoms with Crippen molar-refractivity contribution in [1.82, 2.24) is 9.97 Å². The van der Waals surface area contributed by atoms with E-state index >= 15 is 0 Å². The highest BCUT2D eigenvalue weighted by atomic mass is 32.2. The van der Waals surface area contributed by atoms with E-state index in [0.29, 0.717) is 43.4 Å². The Hall–Kier alpha value is -4.84. The fourth-order valence-corrected chi connectivity index (χ4v) is 6.98. The second-order valence-corrected chi connectivity index (χ2v) is 12.8. The van der Waals surface area contributed by atoms with Gasteiger partial charge in [0.05, 0.1) is 21.5 Å². The van der Waals surface area contributed by atoms with Crippen LogP contribution in [0.3, 0.4) is 0 Å². The Labute approximate surface area is 233 Å². The predicted molar refractivity (Wildman–Crippen MR) is 146 cm³/mol. The van der Waals surface area contributed by atoms with Crippen LogP contribution in [0, 0.1) is 0 Å². The molecule has 0 aliphatic carbocycles. The zero-order chi connectivity index (χ0) is 29.3. The first-order valence-corrected chi connectivity index (χ1v) is 14.9. The highest BCUT2D eigenvalue weighted by Crippen LogP contribution is 2.36. The Balaban J connectivity index is 1.52. The third kappa shape index (κ3) is 2.99. The summed E-state index contributed by atoms with van der Waals surface area (Å²) in [6.45, 7) is 0. The van der Waals surface area contributed by atoms with Crippen LogP contribution in [0.2, 0.25) is 0 Å². The molecule has 4 aliphatic rings. The van der Waals surface area contributed by atoms with E-state index in [2.05, 4.69) is 18.5 Å². The van der Waals surface area contributed by atoms with Crippen molar-refractivity contribution >= 4 is 74.6 Å². The van der Waals surface area contributed by atoms with Crippen molar-refractivity contribution in [2.45, 2.75) is 9.79 Å². The van der Waals surface area contributed by atoms with Crippen LogP contribution in [0.5, 0.6) is 0 Å². The summed E-state index contributed by atoms with van der Waals surface area (Å²) in [6.07, 6.45) is 0. The van der Waals surface area contributed by atoms with Crippen LogP contribution in [0.1, 0.15) is 0 Å². The second-order valence-electron chi connectivity index (χ2n) is 9.63. The van der Waals surface area contributed by atoms with Gasteiger partial charge in [0.25, 0.3) is 0 Å². The summed E-state index contributed by atoms with van der Waals surface area (Å²) in [6, 6.07) is 14.6. The molecule has 0 unspecified atom stereocenters. The fraction of sp³-hybridized carbons (Fsp3) is 0. The molecule has 14 nitrogen and oxygen atoms in total. The normalized spacial score (nSPS) is 13.3. The molecule has 42 heavy (non-hydrogen) atoms. The summed E-state index contributed by atoms with van der Waals surface area (Å²) in [5, 5.41) is 2.69. The van der Waals surface area contributed by atoms with E-state index in [1.807, 2.05) is 0 Å². The minimum Gasteiger partial charge on any atom is -0.240 e. The number of pyridine rings is 2. The zero-order valence-electron chi connectivity index (χ0n) is 20.8. The number of hydrogen-bond acceptors (Lipinski definition) is 12. The smallest absolute Gasteiger partial charge is 0.240 e. The van der Waals surface area contributed by atoms with Crippen molar-refractivity contribution in [2.75, 3.05) is 0 Å². The number of hydrogen-bond donors (Lipinski definition) is 2. The first-order chi connectivity index (χ1) is 20.1. The number of aromatic nitrogens is 4. The van der Waals surface area contributed by atoms with Crippen LogP contribution in [-0.2, 0) is 28.8 Å². The maximum absolute atomic E-state index is 13.8. The molecule has 16 heteroatoms. The summed E-state index contributed by atoms with van der Waals surface area (Å²) in [5.74, 6) is 10.4. The summed E-state index contributed by atoms with van der Waals surface area (Å²) in [4.78, 5) is 36.4. The number of rotatable bonds is 4. The van der Waals surface area contributed by atoms with E-state index in [1.165, 1.54) is 45.5 Å². The van der Waals surface area contributed by atoms with Gasteiger partial charge >= 0.3 is 43.0 Å². The van der Waals surface area contributed by atoms with Gasteiger partial charge in [0.1, 0.15) is 9.79 Å². The van der Waals surface area contributed by atoms with Gasteiger partial charge in [0.2, 0.25) is 11.0 Å². The van der Waals surface area contributed by atoms with Gasteiger partial charge in [0.15, 0.2) is 11.0 Å². The molecule has 8 rings (SSSR count). The SMILES string of the molecule is NOS(=O)(=O)c1ccc2c(c1)nc1c3ccc4c5nc6cc(S(=O)(=O)ON)ccc6[n+]-5c(=O)c5ccc(c(=O)[n+]2-1)c3c45. The average Bonchev–Trinajstić information content (AvgIpc) is 3.57. The Morgan fingerprint density at radius 3 is 1.33 bits per heavy atom. The minimum atomic E-state index is -4.21. The van der Waals surface area contributed by atoms with Crippen molar-refractivity contribution in [2.24, 2.45) is 11.8 Å². The van der Waals surface area contributed by atoms with E-state index < -0.39 is 31.4 Å². The highest BCUT2D eigenvalue weighted by Gasteiger charge is 2.35. The maximum atomic E-state index is 13.8. The molecule has 0 bridgehead atoms. The number of nitrogens with two attached hydrogens (primary N) is 2. The number of nitrogens with zero attached hydrogens (tertiary/aromatic N) is 4. The number of imidazole rings is 2. The largest absolute Gasteiger partial charge is 0.347 e. The number of fused-ring (bicyclic) bond motifs is 8. The molecule has 0 aromatic heterocycles. The second kappa shape index (κ2) is 7.91. The molecule has 0 saturated carbocycles. The minimum absolute atomic E-state index is 0.221. The topological polar surface area (TPSA) is 206 Å². The van der Waals surface area contributed by atoms with Crippen molar-refractivity contribution < 1.29 is 34.5 Å². The van der Waals surface area contributed by atoms with Crippen LogP contribution in [-0.4, -0.2) is 26.8 Å². The molecule has 4 aliphatic heterocycles. The van der Waals surface area contributed by atoms with Gasteiger partial charge < -0.3 is 0 Å². The maximum Gasteiger partial charge on any atom is 0.347 e. The van der Waals surface area contributed by atoms with E-state index in [1.54, 1.807) is 24.3 Å². The van der Waals surface area contributed by atoms with Crippen LogP contribution >= 0.6 is 0 Å². The van der Waals surface area contributed by atoms with Gasteiger partial charge in [-0.25, -0.2) is 9.59 Å². The lowest BCUT2D eigenvalue weighted by Crippen LogP contribution is -2.48.